The fraction of sp³-hybridized carbons (Fsp3) is 0.182. The molecule has 2 aromatic rings. The second-order valence-corrected chi connectivity index (χ2v) is 3.30. The minimum atomic E-state index is -0.0837. The molecule has 14 heavy (non-hydrogen) atoms. The minimum absolute atomic E-state index is 0.0837. The van der Waals surface area contributed by atoms with Crippen LogP contribution in [-0.4, -0.2) is 11.5 Å². The van der Waals surface area contributed by atoms with E-state index in [0.29, 0.717) is 6.54 Å². The highest BCUT2D eigenvalue weighted by atomic mass is 14.7. The van der Waals surface area contributed by atoms with Gasteiger partial charge in [-0.05, 0) is 23.8 Å². The molecule has 1 heterocycles. The normalized spacial score (nSPS) is 13.0. The van der Waals surface area contributed by atoms with Gasteiger partial charge in [0.15, 0.2) is 0 Å². The highest BCUT2D eigenvalue weighted by Gasteiger charge is 2.03. The van der Waals surface area contributed by atoms with Crippen molar-refractivity contribution in [3.63, 3.8) is 0 Å². The van der Waals surface area contributed by atoms with Gasteiger partial charge in [0.05, 0.1) is 5.52 Å². The first-order valence-electron chi connectivity index (χ1n) is 4.61. The summed E-state index contributed by atoms with van der Waals surface area (Å²) >= 11 is 0. The zero-order valence-electron chi connectivity index (χ0n) is 7.85. The van der Waals surface area contributed by atoms with E-state index in [0.717, 1.165) is 16.5 Å². The quantitative estimate of drug-likeness (QED) is 0.742. The van der Waals surface area contributed by atoms with Gasteiger partial charge in [-0.2, -0.15) is 0 Å². The molecule has 2 rings (SSSR count). The number of nitrogens with two attached hydrogens (primary N) is 2. The van der Waals surface area contributed by atoms with E-state index >= 15 is 0 Å². The molecule has 3 nitrogen and oxygen atoms in total. The number of aromatic nitrogens is 1. The van der Waals surface area contributed by atoms with Crippen LogP contribution in [0.15, 0.2) is 36.5 Å². The maximum Gasteiger partial charge on any atom is 0.0702 e. The average Bonchev–Trinajstić information content (AvgIpc) is 2.27. The van der Waals surface area contributed by atoms with Gasteiger partial charge in [-0.25, -0.2) is 0 Å². The van der Waals surface area contributed by atoms with E-state index in [-0.39, 0.29) is 6.04 Å². The fourth-order valence-corrected chi connectivity index (χ4v) is 1.46. The standard InChI is InChI=1S/C11H13N3/c12-7-10(13)8-3-4-11-9(6-8)2-1-5-14-11/h1-6,10H,7,12-13H2. The number of benzene rings is 1. The van der Waals surface area contributed by atoms with Gasteiger partial charge < -0.3 is 11.5 Å². The third-order valence-corrected chi connectivity index (χ3v) is 2.31. The third-order valence-electron chi connectivity index (χ3n) is 2.31. The molecule has 0 fully saturated rings. The molecule has 1 unspecified atom stereocenters. The van der Waals surface area contributed by atoms with Gasteiger partial charge in [-0.15, -0.1) is 0 Å². The Kier molecular flexibility index (Phi) is 2.43. The Morgan fingerprint density at radius 3 is 2.93 bits per heavy atom. The number of hydrogen-bond acceptors (Lipinski definition) is 3. The van der Waals surface area contributed by atoms with Gasteiger partial charge in [-0.1, -0.05) is 12.1 Å². The van der Waals surface area contributed by atoms with Crippen LogP contribution >= 0.6 is 0 Å². The number of hydrogen-bond donors (Lipinski definition) is 2. The molecule has 1 atom stereocenters. The Morgan fingerprint density at radius 1 is 1.29 bits per heavy atom. The summed E-state index contributed by atoms with van der Waals surface area (Å²) in [6.45, 7) is 0.464. The summed E-state index contributed by atoms with van der Waals surface area (Å²) in [4.78, 5) is 4.24. The van der Waals surface area contributed by atoms with Crippen molar-refractivity contribution >= 4 is 10.9 Å². The van der Waals surface area contributed by atoms with E-state index in [4.69, 9.17) is 11.5 Å². The van der Waals surface area contributed by atoms with Crippen molar-refractivity contribution in [3.05, 3.63) is 42.1 Å². The number of pyridine rings is 1. The van der Waals surface area contributed by atoms with Crippen molar-refractivity contribution in [1.29, 1.82) is 0 Å². The van der Waals surface area contributed by atoms with Gasteiger partial charge in [0.25, 0.3) is 0 Å². The number of fused-ring (bicyclic) bond motifs is 1. The smallest absolute Gasteiger partial charge is 0.0702 e. The summed E-state index contributed by atoms with van der Waals surface area (Å²) in [6.07, 6.45) is 1.78. The van der Waals surface area contributed by atoms with Crippen molar-refractivity contribution in [2.24, 2.45) is 11.5 Å². The zero-order valence-corrected chi connectivity index (χ0v) is 7.85. The molecule has 4 N–H and O–H groups in total. The average molecular weight is 187 g/mol. The molecule has 1 aromatic heterocycles. The molecule has 0 aliphatic carbocycles. The van der Waals surface area contributed by atoms with E-state index in [1.807, 2.05) is 30.3 Å². The van der Waals surface area contributed by atoms with E-state index in [1.54, 1.807) is 6.20 Å². The molecule has 0 radical (unpaired) electrons. The Bertz CT molecular complexity index is 439. The van der Waals surface area contributed by atoms with Crippen LogP contribution in [0, 0.1) is 0 Å². The van der Waals surface area contributed by atoms with Gasteiger partial charge in [-0.3, -0.25) is 4.98 Å². The molecule has 0 saturated heterocycles. The molecule has 1 aromatic carbocycles. The molecule has 0 saturated carbocycles. The Labute approximate surface area is 82.7 Å². The SMILES string of the molecule is NCC(N)c1ccc2ncccc2c1. The monoisotopic (exact) mass is 187 g/mol. The van der Waals surface area contributed by atoms with Gasteiger partial charge in [0.1, 0.15) is 0 Å². The fourth-order valence-electron chi connectivity index (χ4n) is 1.46. The van der Waals surface area contributed by atoms with Crippen molar-refractivity contribution in [2.45, 2.75) is 6.04 Å². The van der Waals surface area contributed by atoms with Gasteiger partial charge in [0.2, 0.25) is 0 Å². The van der Waals surface area contributed by atoms with Crippen molar-refractivity contribution < 1.29 is 0 Å². The van der Waals surface area contributed by atoms with Crippen molar-refractivity contribution in [3.8, 4) is 0 Å². The highest BCUT2D eigenvalue weighted by molar-refractivity contribution is 5.79. The summed E-state index contributed by atoms with van der Waals surface area (Å²) in [6, 6.07) is 9.85. The first-order chi connectivity index (χ1) is 6.81. The maximum atomic E-state index is 5.84. The topological polar surface area (TPSA) is 64.9 Å². The molecule has 0 bridgehead atoms. The Hall–Kier alpha value is -1.45. The van der Waals surface area contributed by atoms with Crippen LogP contribution in [0.5, 0.6) is 0 Å². The van der Waals surface area contributed by atoms with Crippen LogP contribution in [0.3, 0.4) is 0 Å². The molecule has 0 amide bonds. The summed E-state index contributed by atoms with van der Waals surface area (Å²) in [5.74, 6) is 0. The van der Waals surface area contributed by atoms with Crippen molar-refractivity contribution in [2.75, 3.05) is 6.54 Å². The van der Waals surface area contributed by atoms with E-state index in [2.05, 4.69) is 4.98 Å². The first kappa shape index (κ1) is 9.12. The molecule has 3 heteroatoms. The van der Waals surface area contributed by atoms with Crippen LogP contribution in [0.1, 0.15) is 11.6 Å². The molecular formula is C11H13N3. The predicted octanol–water partition coefficient (Wildman–Crippen LogP) is 1.19. The Balaban J connectivity index is 2.51. The van der Waals surface area contributed by atoms with Crippen molar-refractivity contribution in [1.82, 2.24) is 4.98 Å². The molecule has 0 aliphatic heterocycles. The lowest BCUT2D eigenvalue weighted by atomic mass is 10.1. The molecule has 0 aliphatic rings. The summed E-state index contributed by atoms with van der Waals surface area (Å²) < 4.78 is 0. The number of rotatable bonds is 2. The summed E-state index contributed by atoms with van der Waals surface area (Å²) in [5, 5.41) is 1.11. The lowest BCUT2D eigenvalue weighted by Crippen LogP contribution is -2.20. The van der Waals surface area contributed by atoms with Crippen LogP contribution in [0.25, 0.3) is 10.9 Å². The number of nitrogens with zero attached hydrogens (tertiary/aromatic N) is 1. The second kappa shape index (κ2) is 3.74. The molecule has 72 valence electrons. The largest absolute Gasteiger partial charge is 0.329 e. The maximum absolute atomic E-state index is 5.84. The third kappa shape index (κ3) is 1.60. The van der Waals surface area contributed by atoms with E-state index in [1.165, 1.54) is 0 Å². The lowest BCUT2D eigenvalue weighted by molar-refractivity contribution is 0.738. The zero-order chi connectivity index (χ0) is 9.97. The Morgan fingerprint density at radius 2 is 2.14 bits per heavy atom. The first-order valence-corrected chi connectivity index (χ1v) is 4.61. The van der Waals surface area contributed by atoms with E-state index in [9.17, 15) is 0 Å². The lowest BCUT2D eigenvalue weighted by Gasteiger charge is -2.09. The van der Waals surface area contributed by atoms with E-state index < -0.39 is 0 Å². The highest BCUT2D eigenvalue weighted by Crippen LogP contribution is 2.16. The second-order valence-electron chi connectivity index (χ2n) is 3.30. The molecule has 0 spiro atoms. The summed E-state index contributed by atoms with van der Waals surface area (Å²) in [5.41, 5.74) is 13.4. The van der Waals surface area contributed by atoms with Gasteiger partial charge >= 0.3 is 0 Å². The predicted molar refractivity (Wildman–Crippen MR) is 57.7 cm³/mol. The van der Waals surface area contributed by atoms with Crippen LogP contribution in [-0.2, 0) is 0 Å². The van der Waals surface area contributed by atoms with Crippen LogP contribution in [0.4, 0.5) is 0 Å². The minimum Gasteiger partial charge on any atom is -0.329 e. The summed E-state index contributed by atoms with van der Waals surface area (Å²) in [7, 11) is 0. The van der Waals surface area contributed by atoms with Gasteiger partial charge in [0, 0.05) is 24.2 Å². The van der Waals surface area contributed by atoms with Crippen LogP contribution in [0.2, 0.25) is 0 Å². The van der Waals surface area contributed by atoms with Crippen LogP contribution < -0.4 is 11.5 Å². The molecular weight excluding hydrogens is 174 g/mol.